The van der Waals surface area contributed by atoms with Crippen LogP contribution in [0.15, 0.2) is 72.8 Å². The van der Waals surface area contributed by atoms with Gasteiger partial charge in [0.25, 0.3) is 11.8 Å². The number of nitrogens with two attached hydrogens (primary N) is 1. The summed E-state index contributed by atoms with van der Waals surface area (Å²) in [5, 5.41) is 12.1. The Labute approximate surface area is 255 Å². The molecular weight excluding hydrogens is 595 g/mol. The molecule has 1 atom stereocenters. The molecule has 0 radical (unpaired) electrons. The van der Waals surface area contributed by atoms with Gasteiger partial charge in [-0.15, -0.1) is 0 Å². The van der Waals surface area contributed by atoms with Gasteiger partial charge in [-0.1, -0.05) is 29.8 Å². The monoisotopic (exact) mass is 620 g/mol. The minimum absolute atomic E-state index is 0.00489. The van der Waals surface area contributed by atoms with Crippen LogP contribution >= 0.6 is 11.6 Å². The summed E-state index contributed by atoms with van der Waals surface area (Å²) in [5.74, 6) is -1.65. The summed E-state index contributed by atoms with van der Waals surface area (Å²) in [7, 11) is 0. The van der Waals surface area contributed by atoms with Crippen LogP contribution < -0.4 is 26.0 Å². The molecular formula is C30H26ClFN6O6. The summed E-state index contributed by atoms with van der Waals surface area (Å²) in [4.78, 5) is 51.4. The number of aromatic amines is 1. The minimum Gasteiger partial charge on any atom is -0.411 e. The molecule has 5 rings (SSSR count). The number of H-pyrrole nitrogens is 1. The van der Waals surface area contributed by atoms with E-state index >= 15 is 0 Å². The van der Waals surface area contributed by atoms with E-state index in [9.17, 15) is 23.6 Å². The van der Waals surface area contributed by atoms with Crippen molar-refractivity contribution in [3.05, 3.63) is 94.8 Å². The first-order valence-corrected chi connectivity index (χ1v) is 13.7. The first-order valence-electron chi connectivity index (χ1n) is 13.3. The lowest BCUT2D eigenvalue weighted by Gasteiger charge is -2.27. The minimum atomic E-state index is -1.07. The van der Waals surface area contributed by atoms with Gasteiger partial charge in [0.2, 0.25) is 5.91 Å². The lowest BCUT2D eigenvalue weighted by Crippen LogP contribution is -2.45. The van der Waals surface area contributed by atoms with E-state index in [1.165, 1.54) is 42.5 Å². The van der Waals surface area contributed by atoms with Crippen molar-refractivity contribution in [3.63, 3.8) is 0 Å². The molecule has 1 aromatic heterocycles. The largest absolute Gasteiger partial charge is 0.411 e. The highest BCUT2D eigenvalue weighted by Gasteiger charge is 2.25. The maximum absolute atomic E-state index is 14.5. The Morgan fingerprint density at radius 2 is 1.86 bits per heavy atom. The van der Waals surface area contributed by atoms with E-state index in [4.69, 9.17) is 26.8 Å². The molecule has 12 nitrogen and oxygen atoms in total. The van der Waals surface area contributed by atoms with Crippen molar-refractivity contribution in [2.75, 3.05) is 30.0 Å². The van der Waals surface area contributed by atoms with Crippen LogP contribution in [0.4, 0.5) is 20.7 Å². The molecule has 0 bridgehead atoms. The second-order valence-corrected chi connectivity index (χ2v) is 10.1. The van der Waals surface area contributed by atoms with Crippen LogP contribution in [-0.2, 0) is 20.7 Å². The molecule has 1 aliphatic heterocycles. The highest BCUT2D eigenvalue weighted by molar-refractivity contribution is 6.31. The van der Waals surface area contributed by atoms with E-state index in [0.29, 0.717) is 24.4 Å². The number of anilines is 2. The quantitative estimate of drug-likeness (QED) is 0.221. The Bertz CT molecular complexity index is 1700. The molecule has 0 aliphatic carbocycles. The van der Waals surface area contributed by atoms with Crippen molar-refractivity contribution in [2.45, 2.75) is 12.5 Å². The van der Waals surface area contributed by atoms with Gasteiger partial charge in [0.15, 0.2) is 5.82 Å². The van der Waals surface area contributed by atoms with E-state index in [1.54, 1.807) is 35.2 Å². The highest BCUT2D eigenvalue weighted by Crippen LogP contribution is 2.27. The summed E-state index contributed by atoms with van der Waals surface area (Å²) < 4.78 is 24.5. The van der Waals surface area contributed by atoms with E-state index in [-0.39, 0.29) is 52.3 Å². The standard InChI is InChI=1S/C30H26ClFN6O6/c31-22-3-1-2-21(27(22)32)23-15-25(37-36-23)35-29(41)24(34-28(40)18-6-10-20(11-7-18)44-30(33)42)14-17-4-8-19(9-5-17)38-12-13-43-16-26(38)39/h1-11,15,24H,12-14,16H2,(H2,33,42)(H,34,40)(H2,35,36,37,41)/t24-/m0/s1. The molecule has 226 valence electrons. The summed E-state index contributed by atoms with van der Waals surface area (Å²) in [6.45, 7) is 0.857. The van der Waals surface area contributed by atoms with E-state index in [1.807, 2.05) is 0 Å². The summed E-state index contributed by atoms with van der Waals surface area (Å²) in [6.07, 6.45) is -0.912. The summed E-state index contributed by atoms with van der Waals surface area (Å²) >= 11 is 5.89. The number of amides is 4. The number of benzene rings is 3. The number of carbonyl (C=O) groups excluding carboxylic acids is 4. The predicted molar refractivity (Wildman–Crippen MR) is 159 cm³/mol. The number of primary amides is 1. The van der Waals surface area contributed by atoms with Gasteiger partial charge in [-0.2, -0.15) is 5.10 Å². The normalized spacial score (nSPS) is 13.7. The van der Waals surface area contributed by atoms with Crippen molar-refractivity contribution in [1.29, 1.82) is 0 Å². The van der Waals surface area contributed by atoms with Crippen molar-refractivity contribution < 1.29 is 33.0 Å². The number of rotatable bonds is 9. The van der Waals surface area contributed by atoms with Gasteiger partial charge in [0.1, 0.15) is 24.2 Å². The third-order valence-corrected chi connectivity index (χ3v) is 6.99. The molecule has 0 spiro atoms. The molecule has 1 fully saturated rings. The second kappa shape index (κ2) is 13.4. The van der Waals surface area contributed by atoms with Gasteiger partial charge >= 0.3 is 6.09 Å². The van der Waals surface area contributed by atoms with Crippen LogP contribution in [0.2, 0.25) is 5.02 Å². The molecule has 44 heavy (non-hydrogen) atoms. The Morgan fingerprint density at radius 1 is 1.11 bits per heavy atom. The first kappa shape index (κ1) is 30.2. The molecule has 14 heteroatoms. The number of hydrogen-bond donors (Lipinski definition) is 4. The Kier molecular flexibility index (Phi) is 9.17. The van der Waals surface area contributed by atoms with Gasteiger partial charge in [-0.25, -0.2) is 9.18 Å². The van der Waals surface area contributed by atoms with Crippen LogP contribution in [0.3, 0.4) is 0 Å². The van der Waals surface area contributed by atoms with E-state index < -0.39 is 29.8 Å². The average molecular weight is 621 g/mol. The molecule has 1 aliphatic rings. The lowest BCUT2D eigenvalue weighted by molar-refractivity contribution is -0.125. The van der Waals surface area contributed by atoms with Crippen molar-refractivity contribution in [1.82, 2.24) is 15.5 Å². The van der Waals surface area contributed by atoms with Gasteiger partial charge in [-0.3, -0.25) is 19.5 Å². The molecule has 4 aromatic rings. The number of halogens is 2. The second-order valence-electron chi connectivity index (χ2n) is 9.70. The number of aromatic nitrogens is 2. The zero-order valence-corrected chi connectivity index (χ0v) is 23.8. The van der Waals surface area contributed by atoms with E-state index in [0.717, 1.165) is 0 Å². The fourth-order valence-electron chi connectivity index (χ4n) is 4.53. The Hall–Kier alpha value is -5.27. The smallest absolute Gasteiger partial charge is 0.409 e. The van der Waals surface area contributed by atoms with Crippen molar-refractivity contribution in [2.24, 2.45) is 5.73 Å². The fourth-order valence-corrected chi connectivity index (χ4v) is 4.70. The highest BCUT2D eigenvalue weighted by atomic mass is 35.5. The predicted octanol–water partition coefficient (Wildman–Crippen LogP) is 3.67. The average Bonchev–Trinajstić information content (AvgIpc) is 3.47. The molecule has 0 unspecified atom stereocenters. The summed E-state index contributed by atoms with van der Waals surface area (Å²) in [5.41, 5.74) is 6.96. The lowest BCUT2D eigenvalue weighted by atomic mass is 10.0. The van der Waals surface area contributed by atoms with Crippen molar-refractivity contribution in [3.8, 4) is 17.0 Å². The van der Waals surface area contributed by atoms with Gasteiger partial charge in [-0.05, 0) is 54.1 Å². The van der Waals surface area contributed by atoms with Crippen LogP contribution in [0.1, 0.15) is 15.9 Å². The molecule has 4 amide bonds. The number of nitrogens with one attached hydrogen (secondary N) is 3. The van der Waals surface area contributed by atoms with Crippen LogP contribution in [-0.4, -0.2) is 59.8 Å². The maximum Gasteiger partial charge on any atom is 0.409 e. The van der Waals surface area contributed by atoms with Crippen LogP contribution in [0.5, 0.6) is 5.75 Å². The van der Waals surface area contributed by atoms with Crippen LogP contribution in [0.25, 0.3) is 11.3 Å². The van der Waals surface area contributed by atoms with E-state index in [2.05, 4.69) is 20.8 Å². The van der Waals surface area contributed by atoms with Gasteiger partial charge in [0.05, 0.1) is 17.3 Å². The zero-order valence-electron chi connectivity index (χ0n) is 23.0. The fraction of sp³-hybridized carbons (Fsp3) is 0.167. The first-order chi connectivity index (χ1) is 21.2. The summed E-state index contributed by atoms with van der Waals surface area (Å²) in [6, 6.07) is 17.5. The van der Waals surface area contributed by atoms with Gasteiger partial charge in [0, 0.05) is 35.8 Å². The SMILES string of the molecule is NC(=O)Oc1ccc(C(=O)N[C@@H](Cc2ccc(N3CCOCC3=O)cc2)C(=O)Nc2cc(-c3cccc(Cl)c3F)n[nH]2)cc1. The van der Waals surface area contributed by atoms with Crippen molar-refractivity contribution >= 4 is 46.9 Å². The number of hydrogen-bond acceptors (Lipinski definition) is 7. The molecule has 0 saturated carbocycles. The number of nitrogens with zero attached hydrogens (tertiary/aromatic N) is 2. The Morgan fingerprint density at radius 3 is 2.57 bits per heavy atom. The molecule has 5 N–H and O–H groups in total. The maximum atomic E-state index is 14.5. The van der Waals surface area contributed by atoms with Gasteiger partial charge < -0.3 is 30.7 Å². The number of carbonyl (C=O) groups is 4. The van der Waals surface area contributed by atoms with Crippen LogP contribution in [0, 0.1) is 5.82 Å². The number of morpholine rings is 1. The molecule has 3 aromatic carbocycles. The topological polar surface area (TPSA) is 169 Å². The molecule has 2 heterocycles. The third kappa shape index (κ3) is 7.19. The zero-order chi connectivity index (χ0) is 31.2. The molecule has 1 saturated heterocycles. The number of ether oxygens (including phenoxy) is 2. The third-order valence-electron chi connectivity index (χ3n) is 6.69. The Balaban J connectivity index is 1.34.